The van der Waals surface area contributed by atoms with Crippen molar-refractivity contribution in [3.63, 3.8) is 0 Å². The topological polar surface area (TPSA) is 144 Å². The van der Waals surface area contributed by atoms with E-state index in [0.29, 0.717) is 13.0 Å². The third-order valence-electron chi connectivity index (χ3n) is 2.82. The Kier molecular flexibility index (Phi) is 6.18. The molecule has 1 heterocycles. The molecule has 0 aliphatic heterocycles. The number of nitrogens with one attached hydrogen (secondary N) is 3. The second-order valence-corrected chi connectivity index (χ2v) is 4.51. The number of carbonyl (C=O) groups is 3. The first-order valence-electron chi connectivity index (χ1n) is 6.38. The summed E-state index contributed by atoms with van der Waals surface area (Å²) in [5, 5.41) is 28.6. The molecular formula is C12H18N4O5. The van der Waals surface area contributed by atoms with Gasteiger partial charge in [0.05, 0.1) is 12.6 Å². The molecule has 0 bridgehead atoms. The van der Waals surface area contributed by atoms with Crippen LogP contribution in [-0.2, 0) is 16.0 Å². The number of aromatic nitrogens is 2. The molecule has 0 aromatic carbocycles. The van der Waals surface area contributed by atoms with Gasteiger partial charge in [-0.25, -0.2) is 9.59 Å². The van der Waals surface area contributed by atoms with E-state index in [1.54, 1.807) is 6.20 Å². The van der Waals surface area contributed by atoms with E-state index in [1.165, 1.54) is 0 Å². The maximum absolute atomic E-state index is 11.5. The molecule has 1 atom stereocenters. The van der Waals surface area contributed by atoms with Crippen LogP contribution in [0.2, 0.25) is 0 Å². The van der Waals surface area contributed by atoms with Crippen LogP contribution in [0, 0.1) is 6.92 Å². The molecule has 9 heteroatoms. The van der Waals surface area contributed by atoms with Crippen LogP contribution in [0.4, 0.5) is 4.79 Å². The summed E-state index contributed by atoms with van der Waals surface area (Å²) in [4.78, 5) is 32.7. The Balaban J connectivity index is 2.28. The minimum atomic E-state index is -1.45. The third-order valence-corrected chi connectivity index (χ3v) is 2.82. The molecule has 0 aliphatic carbocycles. The van der Waals surface area contributed by atoms with Crippen LogP contribution in [0.3, 0.4) is 0 Å². The molecule has 116 valence electrons. The number of aliphatic carboxylic acids is 2. The maximum Gasteiger partial charge on any atom is 0.326 e. The molecule has 1 rings (SSSR count). The zero-order chi connectivity index (χ0) is 15.8. The van der Waals surface area contributed by atoms with E-state index < -0.39 is 30.4 Å². The van der Waals surface area contributed by atoms with Crippen LogP contribution in [0.5, 0.6) is 0 Å². The fourth-order valence-corrected chi connectivity index (χ4v) is 1.69. The number of hydrogen-bond donors (Lipinski definition) is 5. The predicted octanol–water partition coefficient (Wildman–Crippen LogP) is -0.122. The van der Waals surface area contributed by atoms with E-state index in [2.05, 4.69) is 20.8 Å². The zero-order valence-corrected chi connectivity index (χ0v) is 11.5. The lowest BCUT2D eigenvalue weighted by Crippen LogP contribution is -2.47. The Morgan fingerprint density at radius 3 is 2.62 bits per heavy atom. The largest absolute Gasteiger partial charge is 0.481 e. The number of nitrogens with zero attached hydrogens (tertiary/aromatic N) is 1. The Bertz CT molecular complexity index is 514. The highest BCUT2D eigenvalue weighted by molar-refractivity contribution is 5.86. The zero-order valence-electron chi connectivity index (χ0n) is 11.5. The lowest BCUT2D eigenvalue weighted by Gasteiger charge is -2.13. The SMILES string of the molecule is Cc1[nH]ncc1CCCNC(=O)NC(CC(=O)O)C(=O)O. The van der Waals surface area contributed by atoms with Crippen LogP contribution in [0.15, 0.2) is 6.20 Å². The van der Waals surface area contributed by atoms with Gasteiger partial charge < -0.3 is 20.8 Å². The number of carbonyl (C=O) groups excluding carboxylic acids is 1. The molecule has 0 saturated heterocycles. The quantitative estimate of drug-likeness (QED) is 0.423. The molecule has 9 nitrogen and oxygen atoms in total. The number of rotatable bonds is 8. The Labute approximate surface area is 120 Å². The van der Waals surface area contributed by atoms with E-state index >= 15 is 0 Å². The van der Waals surface area contributed by atoms with Gasteiger partial charge in [0.1, 0.15) is 6.04 Å². The van der Waals surface area contributed by atoms with Gasteiger partial charge in [0.2, 0.25) is 0 Å². The standard InChI is InChI=1S/C12H18N4O5/c1-7-8(6-14-16-7)3-2-4-13-12(21)15-9(11(19)20)5-10(17)18/h6,9H,2-5H2,1H3,(H,14,16)(H,17,18)(H,19,20)(H2,13,15,21). The number of aryl methyl sites for hydroxylation is 2. The van der Waals surface area contributed by atoms with Crippen molar-refractivity contribution in [3.05, 3.63) is 17.5 Å². The molecule has 21 heavy (non-hydrogen) atoms. The highest BCUT2D eigenvalue weighted by Gasteiger charge is 2.22. The smallest absolute Gasteiger partial charge is 0.326 e. The van der Waals surface area contributed by atoms with Crippen molar-refractivity contribution in [2.45, 2.75) is 32.2 Å². The van der Waals surface area contributed by atoms with E-state index in [1.807, 2.05) is 6.92 Å². The van der Waals surface area contributed by atoms with Crippen LogP contribution in [0.25, 0.3) is 0 Å². The minimum absolute atomic E-state index is 0.343. The number of urea groups is 1. The molecule has 0 fully saturated rings. The summed E-state index contributed by atoms with van der Waals surface area (Å²) in [6.07, 6.45) is 2.42. The molecule has 0 saturated carbocycles. The summed E-state index contributed by atoms with van der Waals surface area (Å²) >= 11 is 0. The molecule has 0 spiro atoms. The average molecular weight is 298 g/mol. The molecule has 1 aromatic rings. The molecule has 0 aliphatic rings. The van der Waals surface area contributed by atoms with Gasteiger partial charge in [-0.05, 0) is 25.3 Å². The summed E-state index contributed by atoms with van der Waals surface area (Å²) in [7, 11) is 0. The van der Waals surface area contributed by atoms with Gasteiger partial charge in [0.15, 0.2) is 0 Å². The van der Waals surface area contributed by atoms with Crippen molar-refractivity contribution in [3.8, 4) is 0 Å². The van der Waals surface area contributed by atoms with Gasteiger partial charge in [0.25, 0.3) is 0 Å². The van der Waals surface area contributed by atoms with Crippen molar-refractivity contribution in [2.75, 3.05) is 6.54 Å². The fourth-order valence-electron chi connectivity index (χ4n) is 1.69. The molecule has 1 aromatic heterocycles. The first-order chi connectivity index (χ1) is 9.90. The van der Waals surface area contributed by atoms with Crippen molar-refractivity contribution in [2.24, 2.45) is 0 Å². The number of amides is 2. The minimum Gasteiger partial charge on any atom is -0.481 e. The summed E-state index contributed by atoms with van der Waals surface area (Å²) in [5.74, 6) is -2.68. The Morgan fingerprint density at radius 1 is 1.38 bits per heavy atom. The van der Waals surface area contributed by atoms with Gasteiger partial charge in [-0.3, -0.25) is 9.89 Å². The summed E-state index contributed by atoms with van der Waals surface area (Å²) in [6.45, 7) is 2.24. The van der Waals surface area contributed by atoms with Gasteiger partial charge in [-0.1, -0.05) is 0 Å². The predicted molar refractivity (Wildman–Crippen MR) is 71.9 cm³/mol. The van der Waals surface area contributed by atoms with Crippen LogP contribution in [-0.4, -0.2) is 51.0 Å². The number of carboxylic acids is 2. The lowest BCUT2D eigenvalue weighted by atomic mass is 10.1. The van der Waals surface area contributed by atoms with Crippen LogP contribution >= 0.6 is 0 Å². The number of hydrogen-bond acceptors (Lipinski definition) is 4. The normalized spacial score (nSPS) is 11.7. The van der Waals surface area contributed by atoms with Gasteiger partial charge in [0, 0.05) is 12.2 Å². The van der Waals surface area contributed by atoms with Crippen molar-refractivity contribution >= 4 is 18.0 Å². The molecular weight excluding hydrogens is 280 g/mol. The van der Waals surface area contributed by atoms with Crippen LogP contribution in [0.1, 0.15) is 24.1 Å². The number of aromatic amines is 1. The molecule has 1 unspecified atom stereocenters. The maximum atomic E-state index is 11.5. The third kappa shape index (κ3) is 5.93. The number of carboxylic acid groups (broad SMARTS) is 2. The lowest BCUT2D eigenvalue weighted by molar-refractivity contribution is -0.145. The first-order valence-corrected chi connectivity index (χ1v) is 6.38. The Morgan fingerprint density at radius 2 is 2.10 bits per heavy atom. The highest BCUT2D eigenvalue weighted by atomic mass is 16.4. The summed E-state index contributed by atoms with van der Waals surface area (Å²) < 4.78 is 0. The molecule has 0 radical (unpaired) electrons. The van der Waals surface area contributed by atoms with Gasteiger partial charge in [-0.2, -0.15) is 5.10 Å². The Hall–Kier alpha value is -2.58. The highest BCUT2D eigenvalue weighted by Crippen LogP contribution is 2.04. The monoisotopic (exact) mass is 298 g/mol. The van der Waals surface area contributed by atoms with Crippen molar-refractivity contribution in [1.82, 2.24) is 20.8 Å². The summed E-state index contributed by atoms with van der Waals surface area (Å²) in [6, 6.07) is -2.15. The van der Waals surface area contributed by atoms with Gasteiger partial charge >= 0.3 is 18.0 Å². The van der Waals surface area contributed by atoms with E-state index in [4.69, 9.17) is 10.2 Å². The van der Waals surface area contributed by atoms with Crippen molar-refractivity contribution in [1.29, 1.82) is 0 Å². The van der Waals surface area contributed by atoms with Crippen molar-refractivity contribution < 1.29 is 24.6 Å². The van der Waals surface area contributed by atoms with E-state index in [9.17, 15) is 14.4 Å². The fraction of sp³-hybridized carbons (Fsp3) is 0.500. The summed E-state index contributed by atoms with van der Waals surface area (Å²) in [5.41, 5.74) is 2.01. The molecule has 5 N–H and O–H groups in total. The number of H-pyrrole nitrogens is 1. The average Bonchev–Trinajstić information content (AvgIpc) is 2.79. The van der Waals surface area contributed by atoms with E-state index in [-0.39, 0.29) is 0 Å². The second-order valence-electron chi connectivity index (χ2n) is 4.51. The molecule has 2 amide bonds. The first kappa shape index (κ1) is 16.5. The van der Waals surface area contributed by atoms with Gasteiger partial charge in [-0.15, -0.1) is 0 Å². The van der Waals surface area contributed by atoms with Crippen LogP contribution < -0.4 is 10.6 Å². The van der Waals surface area contributed by atoms with E-state index in [0.717, 1.165) is 17.7 Å². The second kappa shape index (κ2) is 7.88.